The van der Waals surface area contributed by atoms with Crippen LogP contribution in [0.15, 0.2) is 18.2 Å². The molecule has 6 nitrogen and oxygen atoms in total. The summed E-state index contributed by atoms with van der Waals surface area (Å²) in [5.41, 5.74) is 0.742. The number of nitrogens with zero attached hydrogens (tertiary/aromatic N) is 1. The van der Waals surface area contributed by atoms with E-state index in [2.05, 4.69) is 5.32 Å². The normalized spacial score (nSPS) is 20.4. The molecule has 2 aliphatic heterocycles. The van der Waals surface area contributed by atoms with Crippen molar-refractivity contribution in [3.63, 3.8) is 0 Å². The third-order valence-electron chi connectivity index (χ3n) is 3.51. The molecule has 1 N–H and O–H groups in total. The number of nitrogens with one attached hydrogen (secondary N) is 1. The summed E-state index contributed by atoms with van der Waals surface area (Å²) in [6.07, 6.45) is 0.250. The zero-order chi connectivity index (χ0) is 14.1. The van der Waals surface area contributed by atoms with Gasteiger partial charge < -0.3 is 19.7 Å². The summed E-state index contributed by atoms with van der Waals surface area (Å²) >= 11 is 0. The highest BCUT2D eigenvalue weighted by molar-refractivity contribution is 6.00. The molecule has 2 amide bonds. The summed E-state index contributed by atoms with van der Waals surface area (Å²) in [6.45, 7) is 3.05. The summed E-state index contributed by atoms with van der Waals surface area (Å²) in [6, 6.07) is 5.37. The lowest BCUT2D eigenvalue weighted by molar-refractivity contribution is -0.126. The molecule has 106 valence electrons. The lowest BCUT2D eigenvalue weighted by Gasteiger charge is -2.17. The average Bonchev–Trinajstić information content (AvgIpc) is 3.04. The fourth-order valence-corrected chi connectivity index (χ4v) is 2.50. The zero-order valence-electron chi connectivity index (χ0n) is 11.2. The van der Waals surface area contributed by atoms with E-state index in [0.717, 1.165) is 5.69 Å². The monoisotopic (exact) mass is 276 g/mol. The molecule has 1 fully saturated rings. The maximum absolute atomic E-state index is 12.1. The Morgan fingerprint density at radius 1 is 1.40 bits per heavy atom. The predicted molar refractivity (Wildman–Crippen MR) is 71.7 cm³/mol. The van der Waals surface area contributed by atoms with Crippen molar-refractivity contribution in [2.75, 3.05) is 24.8 Å². The van der Waals surface area contributed by atoms with Crippen molar-refractivity contribution < 1.29 is 19.1 Å². The molecule has 2 aliphatic rings. The van der Waals surface area contributed by atoms with Gasteiger partial charge in [-0.25, -0.2) is 0 Å². The molecule has 0 aromatic heterocycles. The zero-order valence-corrected chi connectivity index (χ0v) is 11.2. The summed E-state index contributed by atoms with van der Waals surface area (Å²) in [5.74, 6) is 0.925. The predicted octanol–water partition coefficient (Wildman–Crippen LogP) is 0.904. The first-order valence-corrected chi connectivity index (χ1v) is 6.66. The van der Waals surface area contributed by atoms with Crippen LogP contribution in [0.1, 0.15) is 13.3 Å². The van der Waals surface area contributed by atoms with E-state index in [4.69, 9.17) is 9.47 Å². The van der Waals surface area contributed by atoms with E-state index in [9.17, 15) is 9.59 Å². The molecule has 1 atom stereocenters. The topological polar surface area (TPSA) is 67.9 Å². The Hall–Kier alpha value is -2.24. The Morgan fingerprint density at radius 2 is 2.20 bits per heavy atom. The van der Waals surface area contributed by atoms with Gasteiger partial charge in [0.25, 0.3) is 0 Å². The lowest BCUT2D eigenvalue weighted by Crippen LogP contribution is -2.32. The van der Waals surface area contributed by atoms with Gasteiger partial charge in [0.1, 0.15) is 0 Å². The maximum Gasteiger partial charge on any atom is 0.231 e. The van der Waals surface area contributed by atoms with E-state index in [1.165, 1.54) is 0 Å². The number of hydrogen-bond acceptors (Lipinski definition) is 4. The first-order valence-electron chi connectivity index (χ1n) is 6.66. The van der Waals surface area contributed by atoms with Gasteiger partial charge in [-0.2, -0.15) is 0 Å². The van der Waals surface area contributed by atoms with Gasteiger partial charge in [0, 0.05) is 31.3 Å². The Kier molecular flexibility index (Phi) is 3.22. The van der Waals surface area contributed by atoms with Crippen molar-refractivity contribution in [3.8, 4) is 11.5 Å². The van der Waals surface area contributed by atoms with Crippen LogP contribution in [0.5, 0.6) is 11.5 Å². The highest BCUT2D eigenvalue weighted by Crippen LogP contribution is 2.37. The van der Waals surface area contributed by atoms with E-state index in [-0.39, 0.29) is 30.9 Å². The van der Waals surface area contributed by atoms with Crippen LogP contribution in [0.25, 0.3) is 0 Å². The minimum Gasteiger partial charge on any atom is -0.454 e. The minimum absolute atomic E-state index is 0.0416. The van der Waals surface area contributed by atoms with Crippen LogP contribution >= 0.6 is 0 Å². The Labute approximate surface area is 116 Å². The summed E-state index contributed by atoms with van der Waals surface area (Å²) in [5, 5.41) is 2.76. The smallest absolute Gasteiger partial charge is 0.231 e. The lowest BCUT2D eigenvalue weighted by atomic mass is 10.1. The molecular weight excluding hydrogens is 260 g/mol. The van der Waals surface area contributed by atoms with E-state index >= 15 is 0 Å². The van der Waals surface area contributed by atoms with Crippen LogP contribution in [0, 0.1) is 5.92 Å². The van der Waals surface area contributed by atoms with Crippen LogP contribution in [0.3, 0.4) is 0 Å². The fraction of sp³-hybridized carbons (Fsp3) is 0.429. The average molecular weight is 276 g/mol. The van der Waals surface area contributed by atoms with Crippen molar-refractivity contribution in [2.24, 2.45) is 5.92 Å². The van der Waals surface area contributed by atoms with Crippen LogP contribution in [0.2, 0.25) is 0 Å². The maximum atomic E-state index is 12.1. The second-order valence-corrected chi connectivity index (χ2v) is 4.84. The molecule has 0 saturated carbocycles. The van der Waals surface area contributed by atoms with Crippen molar-refractivity contribution >= 4 is 17.5 Å². The second kappa shape index (κ2) is 5.03. The third kappa shape index (κ3) is 2.17. The number of carbonyl (C=O) groups is 2. The highest BCUT2D eigenvalue weighted by atomic mass is 16.7. The number of amides is 2. The first kappa shape index (κ1) is 12.8. The largest absolute Gasteiger partial charge is 0.454 e. The van der Waals surface area contributed by atoms with Crippen molar-refractivity contribution in [2.45, 2.75) is 13.3 Å². The molecular formula is C14H16N2O4. The van der Waals surface area contributed by atoms with Gasteiger partial charge in [0.15, 0.2) is 11.5 Å². The molecule has 0 radical (unpaired) electrons. The van der Waals surface area contributed by atoms with Gasteiger partial charge in [0.05, 0.1) is 5.92 Å². The molecule has 3 rings (SSSR count). The number of benzene rings is 1. The number of hydrogen-bond donors (Lipinski definition) is 1. The van der Waals surface area contributed by atoms with Crippen LogP contribution in [-0.2, 0) is 9.59 Å². The Bertz CT molecular complexity index is 558. The molecule has 0 bridgehead atoms. The van der Waals surface area contributed by atoms with Gasteiger partial charge in [-0.3, -0.25) is 9.59 Å². The number of ether oxygens (including phenoxy) is 2. The van der Waals surface area contributed by atoms with Gasteiger partial charge in [0.2, 0.25) is 18.6 Å². The number of anilines is 1. The van der Waals surface area contributed by atoms with Crippen molar-refractivity contribution in [1.82, 2.24) is 5.32 Å². The van der Waals surface area contributed by atoms with Crippen LogP contribution in [-0.4, -0.2) is 31.7 Å². The molecule has 6 heteroatoms. The number of carbonyl (C=O) groups excluding carboxylic acids is 2. The van der Waals surface area contributed by atoms with Gasteiger partial charge in [-0.15, -0.1) is 0 Å². The van der Waals surface area contributed by atoms with E-state index in [1.807, 2.05) is 13.0 Å². The Morgan fingerprint density at radius 3 is 3.00 bits per heavy atom. The Balaban J connectivity index is 1.77. The third-order valence-corrected chi connectivity index (χ3v) is 3.51. The van der Waals surface area contributed by atoms with E-state index < -0.39 is 0 Å². The molecule has 0 aliphatic carbocycles. The molecule has 1 unspecified atom stereocenters. The quantitative estimate of drug-likeness (QED) is 0.891. The highest BCUT2D eigenvalue weighted by Gasteiger charge is 2.35. The molecule has 0 spiro atoms. The first-order chi connectivity index (χ1) is 9.69. The summed E-state index contributed by atoms with van der Waals surface area (Å²) in [7, 11) is 0. The molecule has 1 aromatic rings. The summed E-state index contributed by atoms with van der Waals surface area (Å²) < 4.78 is 10.6. The van der Waals surface area contributed by atoms with Crippen LogP contribution in [0.4, 0.5) is 5.69 Å². The standard InChI is InChI=1S/C14H16N2O4/c1-2-15-14(18)9-5-13(17)16(7-9)10-3-4-11-12(6-10)20-8-19-11/h3-4,6,9H,2,5,7-8H2,1H3,(H,15,18). The van der Waals surface area contributed by atoms with Crippen LogP contribution < -0.4 is 19.7 Å². The molecule has 20 heavy (non-hydrogen) atoms. The molecule has 1 aromatic carbocycles. The SMILES string of the molecule is CCNC(=O)C1CC(=O)N(c2ccc3c(c2)OCO3)C1. The van der Waals surface area contributed by atoms with Gasteiger partial charge in [-0.05, 0) is 19.1 Å². The van der Waals surface area contributed by atoms with E-state index in [0.29, 0.717) is 24.6 Å². The van der Waals surface area contributed by atoms with E-state index in [1.54, 1.807) is 17.0 Å². The van der Waals surface area contributed by atoms with Gasteiger partial charge >= 0.3 is 0 Å². The number of fused-ring (bicyclic) bond motifs is 1. The second-order valence-electron chi connectivity index (χ2n) is 4.84. The fourth-order valence-electron chi connectivity index (χ4n) is 2.50. The van der Waals surface area contributed by atoms with Gasteiger partial charge in [-0.1, -0.05) is 0 Å². The molecule has 2 heterocycles. The van der Waals surface area contributed by atoms with Crippen molar-refractivity contribution in [1.29, 1.82) is 0 Å². The minimum atomic E-state index is -0.284. The van der Waals surface area contributed by atoms with Crippen molar-refractivity contribution in [3.05, 3.63) is 18.2 Å². The number of rotatable bonds is 3. The summed E-state index contributed by atoms with van der Waals surface area (Å²) in [4.78, 5) is 25.5. The molecule has 1 saturated heterocycles.